The van der Waals surface area contributed by atoms with Crippen LogP contribution in [-0.2, 0) is 27.3 Å². The summed E-state index contributed by atoms with van der Waals surface area (Å²) in [4.78, 5) is 28.4. The average molecular weight is 374 g/mol. The summed E-state index contributed by atoms with van der Waals surface area (Å²) in [6.45, 7) is 2.32. The van der Waals surface area contributed by atoms with Crippen LogP contribution in [0.15, 0.2) is 34.1 Å². The van der Waals surface area contributed by atoms with Crippen molar-refractivity contribution in [1.29, 1.82) is 0 Å². The molecule has 2 heterocycles. The van der Waals surface area contributed by atoms with Crippen LogP contribution in [-0.4, -0.2) is 30.6 Å². The highest BCUT2D eigenvalue weighted by Gasteiger charge is 2.21. The third-order valence-electron chi connectivity index (χ3n) is 3.60. The van der Waals surface area contributed by atoms with E-state index in [0.29, 0.717) is 28.6 Å². The molecule has 3 rings (SSSR count). The molecule has 0 saturated carbocycles. The van der Waals surface area contributed by atoms with E-state index < -0.39 is 5.91 Å². The van der Waals surface area contributed by atoms with Gasteiger partial charge in [-0.25, -0.2) is 4.98 Å². The predicted octanol–water partition coefficient (Wildman–Crippen LogP) is 3.39. The number of methoxy groups -OCH3 is 1. The van der Waals surface area contributed by atoms with Crippen molar-refractivity contribution in [2.75, 3.05) is 19.0 Å². The van der Waals surface area contributed by atoms with Crippen LogP contribution in [0.25, 0.3) is 11.0 Å². The van der Waals surface area contributed by atoms with Gasteiger partial charge in [-0.05, 0) is 13.0 Å². The van der Waals surface area contributed by atoms with Crippen LogP contribution in [0.4, 0.5) is 5.13 Å². The van der Waals surface area contributed by atoms with Crippen LogP contribution >= 0.6 is 11.3 Å². The topological polar surface area (TPSA) is 90.7 Å². The highest BCUT2D eigenvalue weighted by atomic mass is 32.1. The summed E-state index contributed by atoms with van der Waals surface area (Å²) in [5, 5.41) is 5.64. The van der Waals surface area contributed by atoms with Gasteiger partial charge >= 0.3 is 5.97 Å². The van der Waals surface area contributed by atoms with Crippen LogP contribution in [0.5, 0.6) is 0 Å². The first-order chi connectivity index (χ1) is 12.6. The van der Waals surface area contributed by atoms with Gasteiger partial charge in [-0.3, -0.25) is 14.9 Å². The zero-order valence-electron chi connectivity index (χ0n) is 14.4. The summed E-state index contributed by atoms with van der Waals surface area (Å²) in [5.41, 5.74) is 1.85. The highest BCUT2D eigenvalue weighted by molar-refractivity contribution is 7.14. The molecule has 2 aromatic heterocycles. The number of hydrogen-bond acceptors (Lipinski definition) is 7. The summed E-state index contributed by atoms with van der Waals surface area (Å²) in [7, 11) is 1.56. The molecule has 0 atom stereocenters. The SMILES string of the molecule is CCOC(=O)Cc1csc(NC(=O)c2oc3ccccc3c2COC)n1. The number of aromatic nitrogens is 1. The fourth-order valence-corrected chi connectivity index (χ4v) is 3.23. The zero-order chi connectivity index (χ0) is 18.5. The van der Waals surface area contributed by atoms with E-state index in [9.17, 15) is 9.59 Å². The Balaban J connectivity index is 1.78. The van der Waals surface area contributed by atoms with Gasteiger partial charge in [0.05, 0.1) is 25.3 Å². The van der Waals surface area contributed by atoms with Crippen LogP contribution in [0.1, 0.15) is 28.7 Å². The van der Waals surface area contributed by atoms with E-state index in [-0.39, 0.29) is 24.8 Å². The quantitative estimate of drug-likeness (QED) is 0.638. The first kappa shape index (κ1) is 18.1. The molecular formula is C18H18N2O5S. The molecular weight excluding hydrogens is 356 g/mol. The minimum atomic E-state index is -0.412. The number of hydrogen-bond donors (Lipinski definition) is 1. The summed E-state index contributed by atoms with van der Waals surface area (Å²) in [5.74, 6) is -0.573. The Morgan fingerprint density at radius 2 is 2.12 bits per heavy atom. The first-order valence-corrected chi connectivity index (χ1v) is 8.91. The second-order valence-electron chi connectivity index (χ2n) is 5.42. The van der Waals surface area contributed by atoms with Gasteiger partial charge < -0.3 is 13.9 Å². The van der Waals surface area contributed by atoms with E-state index in [4.69, 9.17) is 13.9 Å². The Morgan fingerprint density at radius 3 is 2.88 bits per heavy atom. The maximum absolute atomic E-state index is 12.6. The Morgan fingerprint density at radius 1 is 1.31 bits per heavy atom. The van der Waals surface area contributed by atoms with Gasteiger partial charge in [0.2, 0.25) is 0 Å². The van der Waals surface area contributed by atoms with E-state index >= 15 is 0 Å². The van der Waals surface area contributed by atoms with E-state index in [1.165, 1.54) is 11.3 Å². The van der Waals surface area contributed by atoms with Crippen molar-refractivity contribution in [2.45, 2.75) is 20.0 Å². The molecule has 3 aromatic rings. The smallest absolute Gasteiger partial charge is 0.311 e. The van der Waals surface area contributed by atoms with E-state index in [0.717, 1.165) is 5.39 Å². The number of esters is 1. The minimum absolute atomic E-state index is 0.0692. The average Bonchev–Trinajstić information content (AvgIpc) is 3.20. The lowest BCUT2D eigenvalue weighted by molar-refractivity contribution is -0.142. The number of furan rings is 1. The highest BCUT2D eigenvalue weighted by Crippen LogP contribution is 2.27. The largest absolute Gasteiger partial charge is 0.466 e. The van der Waals surface area contributed by atoms with E-state index in [1.807, 2.05) is 18.2 Å². The van der Waals surface area contributed by atoms with Crippen LogP contribution in [0.2, 0.25) is 0 Å². The molecule has 0 aliphatic carbocycles. The van der Waals surface area contributed by atoms with Crippen molar-refractivity contribution in [1.82, 2.24) is 4.98 Å². The molecule has 1 N–H and O–H groups in total. The van der Waals surface area contributed by atoms with Crippen molar-refractivity contribution in [2.24, 2.45) is 0 Å². The lowest BCUT2D eigenvalue weighted by Crippen LogP contribution is -2.13. The van der Waals surface area contributed by atoms with Crippen molar-refractivity contribution in [3.8, 4) is 0 Å². The van der Waals surface area contributed by atoms with Crippen molar-refractivity contribution in [3.63, 3.8) is 0 Å². The molecule has 7 nitrogen and oxygen atoms in total. The van der Waals surface area contributed by atoms with Gasteiger partial charge in [0.25, 0.3) is 5.91 Å². The Labute approximate surface area is 153 Å². The summed E-state index contributed by atoms with van der Waals surface area (Å²) in [6.07, 6.45) is 0.0692. The Kier molecular flexibility index (Phi) is 5.65. The van der Waals surface area contributed by atoms with Crippen LogP contribution in [0, 0.1) is 0 Å². The number of thiazole rings is 1. The number of fused-ring (bicyclic) bond motifs is 1. The normalized spacial score (nSPS) is 10.8. The molecule has 0 fully saturated rings. The molecule has 136 valence electrons. The molecule has 0 radical (unpaired) electrons. The molecule has 8 heteroatoms. The number of rotatable bonds is 7. The van der Waals surface area contributed by atoms with Gasteiger partial charge in [-0.2, -0.15) is 0 Å². The summed E-state index contributed by atoms with van der Waals surface area (Å²) >= 11 is 1.23. The number of anilines is 1. The van der Waals surface area contributed by atoms with Gasteiger partial charge in [-0.15, -0.1) is 11.3 Å². The van der Waals surface area contributed by atoms with Gasteiger partial charge in [0.1, 0.15) is 5.58 Å². The number of carbonyl (C=O) groups excluding carboxylic acids is 2. The number of carbonyl (C=O) groups is 2. The summed E-state index contributed by atoms with van der Waals surface area (Å²) < 4.78 is 15.8. The maximum Gasteiger partial charge on any atom is 0.311 e. The Hall–Kier alpha value is -2.71. The summed E-state index contributed by atoms with van der Waals surface area (Å²) in [6, 6.07) is 7.39. The fraction of sp³-hybridized carbons (Fsp3) is 0.278. The second-order valence-corrected chi connectivity index (χ2v) is 6.28. The predicted molar refractivity (Wildman–Crippen MR) is 97.3 cm³/mol. The number of benzene rings is 1. The zero-order valence-corrected chi connectivity index (χ0v) is 15.2. The monoisotopic (exact) mass is 374 g/mol. The van der Waals surface area contributed by atoms with E-state index in [1.54, 1.807) is 25.5 Å². The van der Waals surface area contributed by atoms with Crippen LogP contribution in [0.3, 0.4) is 0 Å². The third kappa shape index (κ3) is 3.92. The van der Waals surface area contributed by atoms with Gasteiger partial charge in [-0.1, -0.05) is 18.2 Å². The number of nitrogens with zero attached hydrogens (tertiary/aromatic N) is 1. The minimum Gasteiger partial charge on any atom is -0.466 e. The van der Waals surface area contributed by atoms with Gasteiger partial charge in [0.15, 0.2) is 10.9 Å². The lowest BCUT2D eigenvalue weighted by atomic mass is 10.1. The molecule has 0 aliphatic heterocycles. The molecule has 26 heavy (non-hydrogen) atoms. The first-order valence-electron chi connectivity index (χ1n) is 8.03. The number of amides is 1. The lowest BCUT2D eigenvalue weighted by Gasteiger charge is -2.02. The van der Waals surface area contributed by atoms with Crippen molar-refractivity contribution in [3.05, 3.63) is 46.7 Å². The van der Waals surface area contributed by atoms with Gasteiger partial charge in [0, 0.05) is 23.4 Å². The molecule has 0 aliphatic rings. The molecule has 0 spiro atoms. The number of nitrogens with one attached hydrogen (secondary N) is 1. The molecule has 1 amide bonds. The molecule has 0 saturated heterocycles. The van der Waals surface area contributed by atoms with E-state index in [2.05, 4.69) is 10.3 Å². The molecule has 0 unspecified atom stereocenters. The maximum atomic E-state index is 12.6. The second kappa shape index (κ2) is 8.11. The van der Waals surface area contributed by atoms with Crippen molar-refractivity contribution < 1.29 is 23.5 Å². The van der Waals surface area contributed by atoms with Crippen molar-refractivity contribution >= 4 is 39.3 Å². The molecule has 1 aromatic carbocycles. The standard InChI is InChI=1S/C18H18N2O5S/c1-3-24-15(21)8-11-10-26-18(19-11)20-17(22)16-13(9-23-2)12-6-4-5-7-14(12)25-16/h4-7,10H,3,8-9H2,1-2H3,(H,19,20,22). The fourth-order valence-electron chi connectivity index (χ4n) is 2.53. The van der Waals surface area contributed by atoms with Crippen LogP contribution < -0.4 is 5.32 Å². The third-order valence-corrected chi connectivity index (χ3v) is 4.40. The molecule has 0 bridgehead atoms. The Bertz CT molecular complexity index is 931. The number of para-hydroxylation sites is 1. The number of ether oxygens (including phenoxy) is 2.